The molecule has 0 bridgehead atoms. The Kier molecular flexibility index (Phi) is 4.95. The number of para-hydroxylation sites is 1. The minimum Gasteiger partial charge on any atom is -0.481 e. The molecule has 0 heterocycles. The topological polar surface area (TPSA) is 58.6 Å². The van der Waals surface area contributed by atoms with Gasteiger partial charge in [-0.15, -0.1) is 0 Å². The Morgan fingerprint density at radius 3 is 2.62 bits per heavy atom. The molecule has 21 heavy (non-hydrogen) atoms. The lowest BCUT2D eigenvalue weighted by molar-refractivity contribution is -0.122. The smallest absolute Gasteiger partial charge is 0.265 e. The lowest BCUT2D eigenvalue weighted by atomic mass is 10.1. The van der Waals surface area contributed by atoms with Gasteiger partial charge in [0.05, 0.1) is 6.61 Å². The highest BCUT2D eigenvalue weighted by Crippen LogP contribution is 2.18. The summed E-state index contributed by atoms with van der Waals surface area (Å²) in [6.07, 6.45) is -0.607. The highest BCUT2D eigenvalue weighted by Gasteiger charge is 2.15. The number of ether oxygens (including phenoxy) is 1. The summed E-state index contributed by atoms with van der Waals surface area (Å²) < 4.78 is 5.58. The van der Waals surface area contributed by atoms with Crippen molar-refractivity contribution in [2.75, 3.05) is 5.32 Å². The molecule has 0 aliphatic carbocycles. The maximum atomic E-state index is 12.2. The Morgan fingerprint density at radius 2 is 1.95 bits per heavy atom. The van der Waals surface area contributed by atoms with E-state index < -0.39 is 6.10 Å². The standard InChI is InChI=1S/C17H19NO3/c1-12-8-9-14(11-19)10-16(12)18-17(20)13(2)21-15-6-4-3-5-7-15/h3-10,13,19H,11H2,1-2H3,(H,18,20). The van der Waals surface area contributed by atoms with Crippen molar-refractivity contribution in [3.63, 3.8) is 0 Å². The summed E-state index contributed by atoms with van der Waals surface area (Å²) in [5.41, 5.74) is 2.38. The van der Waals surface area contributed by atoms with Gasteiger partial charge in [0.25, 0.3) is 5.91 Å². The fourth-order valence-corrected chi connectivity index (χ4v) is 1.89. The summed E-state index contributed by atoms with van der Waals surface area (Å²) >= 11 is 0. The molecule has 0 aliphatic rings. The fraction of sp³-hybridized carbons (Fsp3) is 0.235. The van der Waals surface area contributed by atoms with Crippen LogP contribution in [-0.4, -0.2) is 17.1 Å². The van der Waals surface area contributed by atoms with Gasteiger partial charge in [-0.3, -0.25) is 4.79 Å². The lowest BCUT2D eigenvalue weighted by Gasteiger charge is -2.16. The predicted molar refractivity (Wildman–Crippen MR) is 82.3 cm³/mol. The third kappa shape index (κ3) is 4.07. The van der Waals surface area contributed by atoms with Gasteiger partial charge in [0.2, 0.25) is 0 Å². The molecule has 0 aliphatic heterocycles. The number of amides is 1. The lowest BCUT2D eigenvalue weighted by Crippen LogP contribution is -2.30. The third-order valence-corrected chi connectivity index (χ3v) is 3.17. The summed E-state index contributed by atoms with van der Waals surface area (Å²) in [6.45, 7) is 3.55. The van der Waals surface area contributed by atoms with Crippen LogP contribution in [-0.2, 0) is 11.4 Å². The maximum Gasteiger partial charge on any atom is 0.265 e. The molecule has 1 amide bonds. The van der Waals surface area contributed by atoms with E-state index >= 15 is 0 Å². The van der Waals surface area contributed by atoms with E-state index in [1.807, 2.05) is 37.3 Å². The molecule has 0 spiro atoms. The van der Waals surface area contributed by atoms with E-state index in [1.54, 1.807) is 25.1 Å². The average Bonchev–Trinajstić information content (AvgIpc) is 2.50. The van der Waals surface area contributed by atoms with Crippen LogP contribution in [0.4, 0.5) is 5.69 Å². The van der Waals surface area contributed by atoms with Crippen LogP contribution in [0.5, 0.6) is 5.75 Å². The van der Waals surface area contributed by atoms with E-state index in [0.717, 1.165) is 11.1 Å². The van der Waals surface area contributed by atoms with Crippen LogP contribution < -0.4 is 10.1 Å². The number of carbonyl (C=O) groups is 1. The van der Waals surface area contributed by atoms with Crippen molar-refractivity contribution in [2.24, 2.45) is 0 Å². The number of aliphatic hydroxyl groups excluding tert-OH is 1. The second-order valence-corrected chi connectivity index (χ2v) is 4.87. The number of anilines is 1. The van der Waals surface area contributed by atoms with Crippen LogP contribution in [0.25, 0.3) is 0 Å². The van der Waals surface area contributed by atoms with Crippen LogP contribution in [0.15, 0.2) is 48.5 Å². The molecule has 0 aromatic heterocycles. The first kappa shape index (κ1) is 15.1. The normalized spacial score (nSPS) is 11.8. The van der Waals surface area contributed by atoms with Gasteiger partial charge in [-0.05, 0) is 43.2 Å². The van der Waals surface area contributed by atoms with E-state index in [2.05, 4.69) is 5.32 Å². The second-order valence-electron chi connectivity index (χ2n) is 4.87. The molecule has 2 N–H and O–H groups in total. The van der Waals surface area contributed by atoms with Gasteiger partial charge in [0, 0.05) is 5.69 Å². The minimum absolute atomic E-state index is 0.0563. The quantitative estimate of drug-likeness (QED) is 0.888. The van der Waals surface area contributed by atoms with Crippen molar-refractivity contribution in [3.8, 4) is 5.75 Å². The number of carbonyl (C=O) groups excluding carboxylic acids is 1. The maximum absolute atomic E-state index is 12.2. The summed E-state index contributed by atoms with van der Waals surface area (Å²) in [5.74, 6) is 0.429. The Bertz CT molecular complexity index is 611. The molecule has 0 saturated carbocycles. The van der Waals surface area contributed by atoms with Crippen LogP contribution >= 0.6 is 0 Å². The number of aryl methyl sites for hydroxylation is 1. The molecule has 4 heteroatoms. The second kappa shape index (κ2) is 6.90. The Balaban J connectivity index is 2.04. The van der Waals surface area contributed by atoms with Crippen molar-refractivity contribution in [1.82, 2.24) is 0 Å². The molecule has 0 radical (unpaired) electrons. The van der Waals surface area contributed by atoms with Gasteiger partial charge < -0.3 is 15.2 Å². The zero-order valence-corrected chi connectivity index (χ0v) is 12.2. The highest BCUT2D eigenvalue weighted by molar-refractivity contribution is 5.94. The largest absolute Gasteiger partial charge is 0.481 e. The molecule has 1 unspecified atom stereocenters. The number of hydrogen-bond donors (Lipinski definition) is 2. The third-order valence-electron chi connectivity index (χ3n) is 3.17. The number of aliphatic hydroxyl groups is 1. The molecular weight excluding hydrogens is 266 g/mol. The first-order chi connectivity index (χ1) is 10.1. The highest BCUT2D eigenvalue weighted by atomic mass is 16.5. The fourth-order valence-electron chi connectivity index (χ4n) is 1.89. The minimum atomic E-state index is -0.607. The van der Waals surface area contributed by atoms with Crippen molar-refractivity contribution >= 4 is 11.6 Å². The van der Waals surface area contributed by atoms with E-state index in [1.165, 1.54) is 0 Å². The van der Waals surface area contributed by atoms with Gasteiger partial charge in [-0.1, -0.05) is 30.3 Å². The zero-order chi connectivity index (χ0) is 15.2. The molecular formula is C17H19NO3. The van der Waals surface area contributed by atoms with Crippen LogP contribution in [0.3, 0.4) is 0 Å². The van der Waals surface area contributed by atoms with Crippen molar-refractivity contribution < 1.29 is 14.6 Å². The molecule has 0 saturated heterocycles. The van der Waals surface area contributed by atoms with E-state index in [9.17, 15) is 4.79 Å². The summed E-state index contributed by atoms with van der Waals surface area (Å²) in [5, 5.41) is 12.0. The zero-order valence-electron chi connectivity index (χ0n) is 12.2. The monoisotopic (exact) mass is 285 g/mol. The first-order valence-corrected chi connectivity index (χ1v) is 6.83. The van der Waals surface area contributed by atoms with Gasteiger partial charge >= 0.3 is 0 Å². The Morgan fingerprint density at radius 1 is 1.24 bits per heavy atom. The Labute approximate surface area is 124 Å². The average molecular weight is 285 g/mol. The number of benzene rings is 2. The SMILES string of the molecule is Cc1ccc(CO)cc1NC(=O)C(C)Oc1ccccc1. The van der Waals surface area contributed by atoms with Gasteiger partial charge in [-0.25, -0.2) is 0 Å². The van der Waals surface area contributed by atoms with Crippen molar-refractivity contribution in [3.05, 3.63) is 59.7 Å². The Hall–Kier alpha value is -2.33. The van der Waals surface area contributed by atoms with Crippen LogP contribution in [0.2, 0.25) is 0 Å². The number of nitrogens with one attached hydrogen (secondary N) is 1. The predicted octanol–water partition coefficient (Wildman–Crippen LogP) is 2.89. The van der Waals surface area contributed by atoms with Crippen LogP contribution in [0.1, 0.15) is 18.1 Å². The summed E-state index contributed by atoms with van der Waals surface area (Å²) in [4.78, 5) is 12.2. The molecule has 2 aromatic carbocycles. The van der Waals surface area contributed by atoms with Crippen LogP contribution in [0, 0.1) is 6.92 Å². The molecule has 0 fully saturated rings. The van der Waals surface area contributed by atoms with Crippen molar-refractivity contribution in [2.45, 2.75) is 26.6 Å². The first-order valence-electron chi connectivity index (χ1n) is 6.83. The van der Waals surface area contributed by atoms with Gasteiger partial charge in [0.1, 0.15) is 5.75 Å². The van der Waals surface area contributed by atoms with E-state index in [4.69, 9.17) is 9.84 Å². The van der Waals surface area contributed by atoms with E-state index in [0.29, 0.717) is 11.4 Å². The number of rotatable bonds is 5. The van der Waals surface area contributed by atoms with Crippen molar-refractivity contribution in [1.29, 1.82) is 0 Å². The molecule has 110 valence electrons. The number of hydrogen-bond acceptors (Lipinski definition) is 3. The van der Waals surface area contributed by atoms with Gasteiger partial charge in [-0.2, -0.15) is 0 Å². The summed E-state index contributed by atoms with van der Waals surface area (Å²) in [7, 11) is 0. The molecule has 4 nitrogen and oxygen atoms in total. The van der Waals surface area contributed by atoms with E-state index in [-0.39, 0.29) is 12.5 Å². The molecule has 2 aromatic rings. The van der Waals surface area contributed by atoms with Gasteiger partial charge in [0.15, 0.2) is 6.10 Å². The summed E-state index contributed by atoms with van der Waals surface area (Å²) in [6, 6.07) is 14.7. The molecule has 2 rings (SSSR count). The molecule has 1 atom stereocenters.